The molecule has 0 radical (unpaired) electrons. The fraction of sp³-hybridized carbons (Fsp3) is 0.571. The Labute approximate surface area is 98.4 Å². The van der Waals surface area contributed by atoms with Crippen LogP contribution in [0.3, 0.4) is 0 Å². The Balaban J connectivity index is 2.76. The average molecular weight is 219 g/mol. The van der Waals surface area contributed by atoms with Gasteiger partial charge in [0, 0.05) is 24.4 Å². The fourth-order valence-electron chi connectivity index (χ4n) is 1.76. The van der Waals surface area contributed by atoms with Gasteiger partial charge in [-0.15, -0.1) is 11.8 Å². The molecule has 1 atom stereocenters. The number of rotatable bonds is 6. The molecule has 0 fully saturated rings. The minimum atomic E-state index is 0.307. The van der Waals surface area contributed by atoms with Gasteiger partial charge in [0.15, 0.2) is 0 Å². The Morgan fingerprint density at radius 3 is 2.88 bits per heavy atom. The van der Waals surface area contributed by atoms with Gasteiger partial charge in [-0.2, -0.15) is 0 Å². The topological polar surface area (TPSA) is 25.2 Å². The second-order valence-corrected chi connectivity index (χ2v) is 3.79. The van der Waals surface area contributed by atoms with E-state index in [2.05, 4.69) is 37.1 Å². The van der Waals surface area contributed by atoms with Crippen molar-refractivity contribution in [1.82, 2.24) is 5.32 Å². The van der Waals surface area contributed by atoms with Gasteiger partial charge in [0.05, 0.1) is 6.26 Å². The second-order valence-electron chi connectivity index (χ2n) is 3.79. The van der Waals surface area contributed by atoms with Gasteiger partial charge in [-0.25, -0.2) is 0 Å². The molecule has 0 saturated heterocycles. The van der Waals surface area contributed by atoms with E-state index in [9.17, 15) is 0 Å². The molecule has 0 amide bonds. The van der Waals surface area contributed by atoms with Crippen molar-refractivity contribution in [2.45, 2.75) is 46.1 Å². The van der Waals surface area contributed by atoms with Gasteiger partial charge in [0.1, 0.15) is 5.76 Å². The molecule has 1 rings (SSSR count). The Kier molecular flexibility index (Phi) is 5.74. The fourth-order valence-corrected chi connectivity index (χ4v) is 1.76. The normalized spacial score (nSPS) is 11.9. The van der Waals surface area contributed by atoms with Crippen LogP contribution in [0.5, 0.6) is 0 Å². The van der Waals surface area contributed by atoms with Crippen molar-refractivity contribution in [3.8, 4) is 11.8 Å². The third kappa shape index (κ3) is 3.43. The molecule has 0 aliphatic carbocycles. The van der Waals surface area contributed by atoms with Crippen molar-refractivity contribution in [3.05, 3.63) is 23.7 Å². The van der Waals surface area contributed by atoms with Crippen LogP contribution in [0.15, 0.2) is 16.7 Å². The lowest BCUT2D eigenvalue weighted by Gasteiger charge is -2.15. The molecule has 2 nitrogen and oxygen atoms in total. The summed E-state index contributed by atoms with van der Waals surface area (Å²) in [4.78, 5) is 0. The van der Waals surface area contributed by atoms with Gasteiger partial charge in [0.25, 0.3) is 0 Å². The predicted octanol–water partition coefficient (Wildman–Crippen LogP) is 3.30. The van der Waals surface area contributed by atoms with Gasteiger partial charge >= 0.3 is 0 Å². The van der Waals surface area contributed by atoms with Crippen LogP contribution in [0.2, 0.25) is 0 Å². The van der Waals surface area contributed by atoms with Gasteiger partial charge < -0.3 is 9.73 Å². The van der Waals surface area contributed by atoms with E-state index < -0.39 is 0 Å². The maximum atomic E-state index is 5.47. The average Bonchev–Trinajstić information content (AvgIpc) is 2.77. The van der Waals surface area contributed by atoms with Crippen LogP contribution in [0.1, 0.15) is 51.0 Å². The Morgan fingerprint density at radius 2 is 2.25 bits per heavy atom. The summed E-state index contributed by atoms with van der Waals surface area (Å²) in [5, 5.41) is 3.52. The summed E-state index contributed by atoms with van der Waals surface area (Å²) in [5.74, 6) is 7.17. The first-order chi connectivity index (χ1) is 7.83. The standard InChI is InChI=1S/C14H21NO/c1-4-7-8-13(15-10-5-2)12-9-11-16-14(12)6-3/h9,11,13,15H,5-6,8,10H2,1-3H3. The van der Waals surface area contributed by atoms with Gasteiger partial charge in [-0.1, -0.05) is 13.8 Å². The third-order valence-corrected chi connectivity index (χ3v) is 2.60. The highest BCUT2D eigenvalue weighted by Crippen LogP contribution is 2.22. The van der Waals surface area contributed by atoms with Crippen LogP contribution in [0, 0.1) is 11.8 Å². The van der Waals surface area contributed by atoms with Gasteiger partial charge in [0.2, 0.25) is 0 Å². The maximum Gasteiger partial charge on any atom is 0.108 e. The number of aryl methyl sites for hydroxylation is 1. The highest BCUT2D eigenvalue weighted by atomic mass is 16.3. The van der Waals surface area contributed by atoms with E-state index in [4.69, 9.17) is 4.42 Å². The van der Waals surface area contributed by atoms with Crippen molar-refractivity contribution < 1.29 is 4.42 Å². The molecule has 0 saturated carbocycles. The SMILES string of the molecule is CC#CCC(NCCC)c1ccoc1CC. The van der Waals surface area contributed by atoms with Crippen molar-refractivity contribution in [2.75, 3.05) is 6.54 Å². The summed E-state index contributed by atoms with van der Waals surface area (Å²) < 4.78 is 5.47. The minimum absolute atomic E-state index is 0.307. The van der Waals surface area contributed by atoms with E-state index in [0.717, 1.165) is 31.6 Å². The number of hydrogen-bond donors (Lipinski definition) is 1. The van der Waals surface area contributed by atoms with E-state index in [0.29, 0.717) is 6.04 Å². The van der Waals surface area contributed by atoms with E-state index in [1.165, 1.54) is 5.56 Å². The number of nitrogens with one attached hydrogen (secondary N) is 1. The van der Waals surface area contributed by atoms with E-state index in [1.54, 1.807) is 6.26 Å². The lowest BCUT2D eigenvalue weighted by Crippen LogP contribution is -2.22. The molecule has 0 aliphatic rings. The summed E-state index contributed by atoms with van der Waals surface area (Å²) in [6.45, 7) is 7.19. The Bertz CT molecular complexity index is 356. The molecule has 1 N–H and O–H groups in total. The van der Waals surface area contributed by atoms with Crippen molar-refractivity contribution in [2.24, 2.45) is 0 Å². The molecule has 88 valence electrons. The van der Waals surface area contributed by atoms with Crippen LogP contribution in [0.25, 0.3) is 0 Å². The predicted molar refractivity (Wildman–Crippen MR) is 67.2 cm³/mol. The molecule has 0 aromatic carbocycles. The second kappa shape index (κ2) is 7.14. The molecular formula is C14H21NO. The van der Waals surface area contributed by atoms with E-state index in [1.807, 2.05) is 6.92 Å². The molecular weight excluding hydrogens is 198 g/mol. The first-order valence-electron chi connectivity index (χ1n) is 6.02. The van der Waals surface area contributed by atoms with E-state index >= 15 is 0 Å². The molecule has 2 heteroatoms. The Morgan fingerprint density at radius 1 is 1.44 bits per heavy atom. The van der Waals surface area contributed by atoms with Crippen molar-refractivity contribution >= 4 is 0 Å². The van der Waals surface area contributed by atoms with Crippen LogP contribution in [-0.2, 0) is 6.42 Å². The smallest absolute Gasteiger partial charge is 0.108 e. The highest BCUT2D eigenvalue weighted by molar-refractivity contribution is 5.23. The lowest BCUT2D eigenvalue weighted by molar-refractivity contribution is 0.486. The monoisotopic (exact) mass is 219 g/mol. The quantitative estimate of drug-likeness (QED) is 0.743. The van der Waals surface area contributed by atoms with Crippen LogP contribution < -0.4 is 5.32 Å². The molecule has 1 aromatic rings. The first-order valence-corrected chi connectivity index (χ1v) is 6.02. The van der Waals surface area contributed by atoms with Gasteiger partial charge in [-0.3, -0.25) is 0 Å². The van der Waals surface area contributed by atoms with Gasteiger partial charge in [-0.05, 0) is 26.0 Å². The first kappa shape index (κ1) is 12.9. The zero-order valence-corrected chi connectivity index (χ0v) is 10.5. The van der Waals surface area contributed by atoms with Crippen LogP contribution in [-0.4, -0.2) is 6.54 Å². The molecule has 0 aliphatic heterocycles. The largest absolute Gasteiger partial charge is 0.469 e. The molecule has 0 spiro atoms. The zero-order chi connectivity index (χ0) is 11.8. The number of hydrogen-bond acceptors (Lipinski definition) is 2. The Hall–Kier alpha value is -1.20. The van der Waals surface area contributed by atoms with Crippen LogP contribution >= 0.6 is 0 Å². The van der Waals surface area contributed by atoms with Crippen molar-refractivity contribution in [1.29, 1.82) is 0 Å². The summed E-state index contributed by atoms with van der Waals surface area (Å²) in [6, 6.07) is 2.37. The number of furan rings is 1. The zero-order valence-electron chi connectivity index (χ0n) is 10.5. The molecule has 1 unspecified atom stereocenters. The summed E-state index contributed by atoms with van der Waals surface area (Å²) in [5.41, 5.74) is 1.26. The maximum absolute atomic E-state index is 5.47. The molecule has 1 heterocycles. The summed E-state index contributed by atoms with van der Waals surface area (Å²) in [7, 11) is 0. The summed E-state index contributed by atoms with van der Waals surface area (Å²) in [6.07, 6.45) is 4.69. The third-order valence-electron chi connectivity index (χ3n) is 2.60. The molecule has 1 aromatic heterocycles. The lowest BCUT2D eigenvalue weighted by atomic mass is 10.0. The molecule has 16 heavy (non-hydrogen) atoms. The van der Waals surface area contributed by atoms with Crippen LogP contribution in [0.4, 0.5) is 0 Å². The summed E-state index contributed by atoms with van der Waals surface area (Å²) >= 11 is 0. The molecule has 0 bridgehead atoms. The highest BCUT2D eigenvalue weighted by Gasteiger charge is 2.15. The van der Waals surface area contributed by atoms with Crippen molar-refractivity contribution in [3.63, 3.8) is 0 Å². The minimum Gasteiger partial charge on any atom is -0.469 e. The van der Waals surface area contributed by atoms with E-state index in [-0.39, 0.29) is 0 Å².